The van der Waals surface area contributed by atoms with Gasteiger partial charge < -0.3 is 0 Å². The average Bonchev–Trinajstić information content (AvgIpc) is 3.14. The molecule has 6 nitrogen and oxygen atoms in total. The molecule has 1 aromatic heterocycles. The molecule has 1 saturated carbocycles. The number of aryl methyl sites for hydroxylation is 1. The largest absolute Gasteiger partial charge is 0.293 e. The van der Waals surface area contributed by atoms with Gasteiger partial charge in [-0.25, -0.2) is 17.5 Å². The zero-order valence-electron chi connectivity index (χ0n) is 20.1. The molecule has 0 N–H and O–H groups in total. The summed E-state index contributed by atoms with van der Waals surface area (Å²) in [5, 5.41) is 5.35. The molecule has 34 heavy (non-hydrogen) atoms. The maximum Gasteiger partial charge on any atom is 0.217 e. The first kappa shape index (κ1) is 23.5. The van der Waals surface area contributed by atoms with Gasteiger partial charge in [0.2, 0.25) is 10.0 Å². The van der Waals surface area contributed by atoms with E-state index >= 15 is 0 Å². The van der Waals surface area contributed by atoms with Gasteiger partial charge in [0.1, 0.15) is 5.82 Å². The highest BCUT2D eigenvalue weighted by Crippen LogP contribution is 2.36. The van der Waals surface area contributed by atoms with Crippen molar-refractivity contribution in [2.45, 2.75) is 51.3 Å². The third-order valence-electron chi connectivity index (χ3n) is 7.27. The van der Waals surface area contributed by atoms with Crippen LogP contribution in [0.5, 0.6) is 0 Å². The van der Waals surface area contributed by atoms with E-state index in [4.69, 9.17) is 0 Å². The van der Waals surface area contributed by atoms with Crippen molar-refractivity contribution in [2.24, 2.45) is 5.92 Å². The van der Waals surface area contributed by atoms with Gasteiger partial charge in [0.05, 0.1) is 22.7 Å². The van der Waals surface area contributed by atoms with Crippen molar-refractivity contribution >= 4 is 20.9 Å². The second kappa shape index (κ2) is 9.06. The van der Waals surface area contributed by atoms with Crippen molar-refractivity contribution in [3.05, 3.63) is 59.5 Å². The first-order valence-electron chi connectivity index (χ1n) is 12.2. The molecule has 2 aromatic carbocycles. The van der Waals surface area contributed by atoms with Crippen molar-refractivity contribution in [3.8, 4) is 5.69 Å². The van der Waals surface area contributed by atoms with Crippen LogP contribution >= 0.6 is 0 Å². The summed E-state index contributed by atoms with van der Waals surface area (Å²) in [5.41, 5.74) is 4.02. The molecule has 8 heteroatoms. The normalized spacial score (nSPS) is 20.8. The Kier molecular flexibility index (Phi) is 6.25. The summed E-state index contributed by atoms with van der Waals surface area (Å²) in [4.78, 5) is 2.44. The number of fused-ring (bicyclic) bond motifs is 1. The van der Waals surface area contributed by atoms with Crippen LogP contribution in [0, 0.1) is 18.7 Å². The van der Waals surface area contributed by atoms with Gasteiger partial charge in [0.25, 0.3) is 0 Å². The van der Waals surface area contributed by atoms with E-state index in [2.05, 4.69) is 42.9 Å². The fraction of sp³-hybridized carbons (Fsp3) is 0.500. The zero-order valence-corrected chi connectivity index (χ0v) is 20.9. The summed E-state index contributed by atoms with van der Waals surface area (Å²) in [5.74, 6) is 0.213. The van der Waals surface area contributed by atoms with Gasteiger partial charge >= 0.3 is 0 Å². The minimum Gasteiger partial charge on any atom is -0.293 e. The van der Waals surface area contributed by atoms with E-state index in [9.17, 15) is 12.8 Å². The van der Waals surface area contributed by atoms with Crippen LogP contribution in [0.25, 0.3) is 16.6 Å². The molecular weight excluding hydrogens is 451 g/mol. The van der Waals surface area contributed by atoms with E-state index < -0.39 is 10.0 Å². The Labute approximate surface area is 201 Å². The predicted molar refractivity (Wildman–Crippen MR) is 133 cm³/mol. The van der Waals surface area contributed by atoms with E-state index in [-0.39, 0.29) is 17.1 Å². The van der Waals surface area contributed by atoms with Gasteiger partial charge in [0, 0.05) is 37.6 Å². The van der Waals surface area contributed by atoms with Gasteiger partial charge in [-0.15, -0.1) is 0 Å². The summed E-state index contributed by atoms with van der Waals surface area (Å²) < 4.78 is 43.4. The van der Waals surface area contributed by atoms with Crippen molar-refractivity contribution in [1.82, 2.24) is 19.0 Å². The average molecular weight is 485 g/mol. The van der Waals surface area contributed by atoms with Gasteiger partial charge in [0.15, 0.2) is 0 Å². The van der Waals surface area contributed by atoms with Crippen LogP contribution in [0.4, 0.5) is 4.39 Å². The molecule has 0 spiro atoms. The summed E-state index contributed by atoms with van der Waals surface area (Å²) in [6.45, 7) is 9.21. The minimum atomic E-state index is -3.25. The van der Waals surface area contributed by atoms with E-state index in [0.29, 0.717) is 19.0 Å². The summed E-state index contributed by atoms with van der Waals surface area (Å²) in [7, 11) is -3.25. The molecule has 0 bridgehead atoms. The molecule has 1 aliphatic heterocycles. The van der Waals surface area contributed by atoms with Crippen LogP contribution in [-0.2, 0) is 10.0 Å². The molecule has 1 aliphatic carbocycles. The molecule has 182 valence electrons. The van der Waals surface area contributed by atoms with Gasteiger partial charge in [-0.2, -0.15) is 9.40 Å². The number of aromatic nitrogens is 2. The standard InChI is InChI=1S/C26H33FN4O2S/c1-18(2)16-29-11-12-30(34(32,33)23-5-4-6-23)17-26(29)24-14-20-15-28-31(25(20)13-19(24)3)22-9-7-21(27)8-10-22/h7-10,13-15,18,23,26H,4-6,11-12,16-17H2,1-3H3/t26-/m0/s1. The lowest BCUT2D eigenvalue weighted by molar-refractivity contribution is 0.104. The smallest absolute Gasteiger partial charge is 0.217 e. The highest BCUT2D eigenvalue weighted by molar-refractivity contribution is 7.89. The summed E-state index contributed by atoms with van der Waals surface area (Å²) in [6, 6.07) is 10.6. The quantitative estimate of drug-likeness (QED) is 0.510. The lowest BCUT2D eigenvalue weighted by Crippen LogP contribution is -2.54. The van der Waals surface area contributed by atoms with Crippen molar-refractivity contribution in [2.75, 3.05) is 26.2 Å². The Bertz CT molecular complexity index is 1280. The number of nitrogens with zero attached hydrogens (tertiary/aromatic N) is 4. The van der Waals surface area contributed by atoms with E-state index in [0.717, 1.165) is 60.1 Å². The minimum absolute atomic E-state index is 0.00423. The third kappa shape index (κ3) is 4.27. The molecule has 5 rings (SSSR count). The fourth-order valence-electron chi connectivity index (χ4n) is 5.23. The summed E-state index contributed by atoms with van der Waals surface area (Å²) in [6.07, 6.45) is 4.41. The molecule has 1 saturated heterocycles. The number of sulfonamides is 1. The van der Waals surface area contributed by atoms with Crippen molar-refractivity contribution in [3.63, 3.8) is 0 Å². The molecular formula is C26H33FN4O2S. The highest BCUT2D eigenvalue weighted by Gasteiger charge is 2.40. The maximum absolute atomic E-state index is 13.4. The molecule has 2 aliphatic rings. The fourth-order valence-corrected chi connectivity index (χ4v) is 7.27. The molecule has 0 radical (unpaired) electrons. The number of benzene rings is 2. The van der Waals surface area contributed by atoms with Crippen LogP contribution in [0.3, 0.4) is 0 Å². The van der Waals surface area contributed by atoms with E-state index in [1.54, 1.807) is 16.4 Å². The molecule has 3 aromatic rings. The SMILES string of the molecule is Cc1cc2c(cnn2-c2ccc(F)cc2)cc1[C@@H]1CN(S(=O)(=O)C2CCC2)CCN1CC(C)C. The van der Waals surface area contributed by atoms with Gasteiger partial charge in [-0.1, -0.05) is 20.3 Å². The first-order valence-corrected chi connectivity index (χ1v) is 13.7. The van der Waals surface area contributed by atoms with Crippen LogP contribution in [0.15, 0.2) is 42.6 Å². The first-order chi connectivity index (χ1) is 16.2. The zero-order chi connectivity index (χ0) is 24.0. The molecule has 0 unspecified atom stereocenters. The van der Waals surface area contributed by atoms with Crippen LogP contribution in [0.2, 0.25) is 0 Å². The Morgan fingerprint density at radius 3 is 2.50 bits per heavy atom. The summed E-state index contributed by atoms with van der Waals surface area (Å²) >= 11 is 0. The van der Waals surface area contributed by atoms with Crippen LogP contribution < -0.4 is 0 Å². The number of hydrogen-bond acceptors (Lipinski definition) is 4. The molecule has 1 atom stereocenters. The van der Waals surface area contributed by atoms with Gasteiger partial charge in [-0.05, 0) is 73.2 Å². The van der Waals surface area contributed by atoms with Crippen LogP contribution in [-0.4, -0.2) is 58.8 Å². The maximum atomic E-state index is 13.4. The van der Waals surface area contributed by atoms with Crippen LogP contribution in [0.1, 0.15) is 50.3 Å². The second-order valence-corrected chi connectivity index (χ2v) is 12.4. The Morgan fingerprint density at radius 1 is 1.12 bits per heavy atom. The molecule has 2 fully saturated rings. The topological polar surface area (TPSA) is 58.4 Å². The Balaban J connectivity index is 1.51. The number of halogens is 1. The number of rotatable bonds is 6. The van der Waals surface area contributed by atoms with E-state index in [1.807, 2.05) is 10.9 Å². The highest BCUT2D eigenvalue weighted by atomic mass is 32.2. The van der Waals surface area contributed by atoms with E-state index in [1.165, 1.54) is 12.1 Å². The lowest BCUT2D eigenvalue weighted by atomic mass is 9.96. The monoisotopic (exact) mass is 484 g/mol. The molecule has 0 amide bonds. The number of piperazine rings is 1. The van der Waals surface area contributed by atoms with Crippen molar-refractivity contribution in [1.29, 1.82) is 0 Å². The Morgan fingerprint density at radius 2 is 1.85 bits per heavy atom. The second-order valence-electron chi connectivity index (χ2n) is 10.2. The number of hydrogen-bond donors (Lipinski definition) is 0. The lowest BCUT2D eigenvalue weighted by Gasteiger charge is -2.44. The van der Waals surface area contributed by atoms with Gasteiger partial charge in [-0.3, -0.25) is 4.90 Å². The third-order valence-corrected chi connectivity index (χ3v) is 9.64. The Hall–Kier alpha value is -2.29. The predicted octanol–water partition coefficient (Wildman–Crippen LogP) is 4.67. The van der Waals surface area contributed by atoms with Crippen molar-refractivity contribution < 1.29 is 12.8 Å². The molecule has 2 heterocycles.